The average molecular weight is 429 g/mol. The van der Waals surface area contributed by atoms with E-state index in [0.29, 0.717) is 0 Å². The van der Waals surface area contributed by atoms with Gasteiger partial charge in [0, 0.05) is 0 Å². The molecule has 0 bridgehead atoms. The van der Waals surface area contributed by atoms with E-state index >= 15 is 0 Å². The van der Waals surface area contributed by atoms with Crippen LogP contribution in [-0.2, 0) is 26.2 Å². The van der Waals surface area contributed by atoms with Crippen LogP contribution in [0.2, 0.25) is 0 Å². The molecule has 4 aliphatic rings. The van der Waals surface area contributed by atoms with Crippen LogP contribution in [0.1, 0.15) is 64.2 Å². The van der Waals surface area contributed by atoms with Gasteiger partial charge in [0.2, 0.25) is 0 Å². The van der Waals surface area contributed by atoms with Gasteiger partial charge < -0.3 is 24.8 Å². The van der Waals surface area contributed by atoms with Gasteiger partial charge in [-0.15, -0.1) is 12.8 Å². The summed E-state index contributed by atoms with van der Waals surface area (Å²) in [5.41, 5.74) is 3.18. The van der Waals surface area contributed by atoms with Crippen molar-refractivity contribution in [1.29, 1.82) is 0 Å². The molecule has 0 amide bonds. The maximum Gasteiger partial charge on any atom is 4.00 e. The van der Waals surface area contributed by atoms with Crippen LogP contribution in [0.3, 0.4) is 0 Å². The van der Waals surface area contributed by atoms with Crippen LogP contribution < -0.4 is 24.8 Å². The first-order valence-electron chi connectivity index (χ1n) is 8.48. The van der Waals surface area contributed by atoms with Crippen molar-refractivity contribution in [2.24, 2.45) is 11.8 Å². The first-order valence-corrected chi connectivity index (χ1v) is 8.48. The van der Waals surface area contributed by atoms with Crippen molar-refractivity contribution in [1.82, 2.24) is 0 Å². The van der Waals surface area contributed by atoms with Crippen LogP contribution in [0, 0.1) is 24.0 Å². The Hall–Kier alpha value is 0.423. The molecule has 124 valence electrons. The standard InChI is InChI=1S/2C10H13.2ClH.Zr/c2*1-2-5-9-7-4-8-10(9)6-3-1;;;/h2*1-2,10H,3-4,6-8H2;2*1H;/q2*-1;;;+4/p-2. The summed E-state index contributed by atoms with van der Waals surface area (Å²) in [7, 11) is 0. The Balaban J connectivity index is 0.000000372. The number of halogens is 2. The van der Waals surface area contributed by atoms with Gasteiger partial charge >= 0.3 is 26.2 Å². The van der Waals surface area contributed by atoms with Gasteiger partial charge in [-0.25, -0.2) is 24.3 Å². The molecule has 4 rings (SSSR count). The molecular formula is C20H26Cl2Zr. The summed E-state index contributed by atoms with van der Waals surface area (Å²) in [6, 6.07) is 0. The SMILES string of the molecule is [C-]1=C2CCCC2CCC=C1.[C-]1=C2CCCC2CCC=C1.[Cl-].[Cl-].[Zr+4]. The predicted molar refractivity (Wildman–Crippen MR) is 84.9 cm³/mol. The van der Waals surface area contributed by atoms with E-state index in [2.05, 4.69) is 36.5 Å². The third-order valence-electron chi connectivity index (χ3n) is 5.12. The molecule has 0 aromatic heterocycles. The van der Waals surface area contributed by atoms with Crippen LogP contribution in [0.25, 0.3) is 0 Å². The second-order valence-electron chi connectivity index (χ2n) is 6.48. The predicted octanol–water partition coefficient (Wildman–Crippen LogP) is -0.262. The number of hydrogen-bond donors (Lipinski definition) is 0. The van der Waals surface area contributed by atoms with E-state index in [1.54, 1.807) is 11.1 Å². The Morgan fingerprint density at radius 3 is 1.57 bits per heavy atom. The summed E-state index contributed by atoms with van der Waals surface area (Å²) in [4.78, 5) is 0. The van der Waals surface area contributed by atoms with E-state index in [1.807, 2.05) is 0 Å². The van der Waals surface area contributed by atoms with Gasteiger partial charge in [0.05, 0.1) is 0 Å². The number of allylic oxidation sites excluding steroid dienone is 8. The van der Waals surface area contributed by atoms with Gasteiger partial charge in [0.25, 0.3) is 0 Å². The molecule has 0 aliphatic heterocycles. The summed E-state index contributed by atoms with van der Waals surface area (Å²) >= 11 is 0. The quantitative estimate of drug-likeness (QED) is 0.467. The largest absolute Gasteiger partial charge is 4.00 e. The molecule has 0 radical (unpaired) electrons. The Bertz CT molecular complexity index is 407. The minimum atomic E-state index is 0. The second-order valence-corrected chi connectivity index (χ2v) is 6.48. The van der Waals surface area contributed by atoms with Crippen molar-refractivity contribution in [3.8, 4) is 0 Å². The van der Waals surface area contributed by atoms with Gasteiger partial charge in [0.15, 0.2) is 0 Å². The zero-order valence-electron chi connectivity index (χ0n) is 13.8. The van der Waals surface area contributed by atoms with Crippen LogP contribution in [0.4, 0.5) is 0 Å². The average Bonchev–Trinajstić information content (AvgIpc) is 2.98. The van der Waals surface area contributed by atoms with Crippen LogP contribution in [-0.4, -0.2) is 0 Å². The van der Waals surface area contributed by atoms with Crippen LogP contribution in [0.5, 0.6) is 0 Å². The van der Waals surface area contributed by atoms with Crippen LogP contribution in [0.15, 0.2) is 35.5 Å². The minimum absolute atomic E-state index is 0. The molecule has 2 saturated carbocycles. The molecular weight excluding hydrogens is 402 g/mol. The molecule has 23 heavy (non-hydrogen) atoms. The maximum absolute atomic E-state index is 3.38. The molecule has 0 saturated heterocycles. The van der Waals surface area contributed by atoms with Gasteiger partial charge in [-0.2, -0.15) is 11.1 Å². The van der Waals surface area contributed by atoms with Crippen molar-refractivity contribution in [3.63, 3.8) is 0 Å². The minimum Gasteiger partial charge on any atom is -1.00 e. The Morgan fingerprint density at radius 2 is 1.13 bits per heavy atom. The molecule has 3 heteroatoms. The molecule has 2 unspecified atom stereocenters. The number of rotatable bonds is 0. The van der Waals surface area contributed by atoms with Crippen molar-refractivity contribution >= 4 is 0 Å². The van der Waals surface area contributed by atoms with E-state index in [0.717, 1.165) is 11.8 Å². The summed E-state index contributed by atoms with van der Waals surface area (Å²) in [5, 5.41) is 0. The van der Waals surface area contributed by atoms with Gasteiger partial charge in [0.1, 0.15) is 0 Å². The summed E-state index contributed by atoms with van der Waals surface area (Å²) in [6.07, 6.45) is 29.0. The summed E-state index contributed by atoms with van der Waals surface area (Å²) < 4.78 is 0. The first-order chi connectivity index (χ1) is 9.93. The van der Waals surface area contributed by atoms with E-state index in [1.165, 1.54) is 64.2 Å². The van der Waals surface area contributed by atoms with Crippen LogP contribution >= 0.6 is 0 Å². The van der Waals surface area contributed by atoms with E-state index in [-0.39, 0.29) is 51.0 Å². The zero-order valence-corrected chi connectivity index (χ0v) is 17.8. The van der Waals surface area contributed by atoms with Crippen molar-refractivity contribution in [2.45, 2.75) is 64.2 Å². The maximum atomic E-state index is 3.38. The molecule has 0 aromatic carbocycles. The fraction of sp³-hybridized carbons (Fsp3) is 0.600. The molecule has 0 nitrogen and oxygen atoms in total. The van der Waals surface area contributed by atoms with E-state index in [9.17, 15) is 0 Å². The molecule has 0 spiro atoms. The smallest absolute Gasteiger partial charge is 1.00 e. The number of fused-ring (bicyclic) bond motifs is 2. The zero-order chi connectivity index (χ0) is 13.6. The molecule has 2 fully saturated rings. The van der Waals surface area contributed by atoms with Crippen molar-refractivity contribution in [3.05, 3.63) is 47.6 Å². The fourth-order valence-electron chi connectivity index (χ4n) is 3.95. The monoisotopic (exact) mass is 426 g/mol. The van der Waals surface area contributed by atoms with Gasteiger partial charge in [-0.05, 0) is 37.5 Å². The van der Waals surface area contributed by atoms with Gasteiger partial charge in [-0.3, -0.25) is 12.2 Å². The first kappa shape index (κ1) is 23.4. The molecule has 2 atom stereocenters. The normalized spacial score (nSPS) is 27.1. The van der Waals surface area contributed by atoms with Gasteiger partial charge in [-0.1, -0.05) is 25.7 Å². The Morgan fingerprint density at radius 1 is 0.696 bits per heavy atom. The molecule has 0 N–H and O–H groups in total. The third kappa shape index (κ3) is 7.05. The molecule has 0 heterocycles. The topological polar surface area (TPSA) is 0 Å². The Kier molecular flexibility index (Phi) is 13.0. The van der Waals surface area contributed by atoms with Crippen molar-refractivity contribution in [2.75, 3.05) is 0 Å². The second kappa shape index (κ2) is 12.7. The fourth-order valence-corrected chi connectivity index (χ4v) is 3.95. The number of hydrogen-bond acceptors (Lipinski definition) is 0. The summed E-state index contributed by atoms with van der Waals surface area (Å²) in [5.74, 6) is 1.80. The third-order valence-corrected chi connectivity index (χ3v) is 5.12. The van der Waals surface area contributed by atoms with E-state index in [4.69, 9.17) is 0 Å². The van der Waals surface area contributed by atoms with E-state index < -0.39 is 0 Å². The molecule has 4 aliphatic carbocycles. The van der Waals surface area contributed by atoms with Crippen molar-refractivity contribution < 1.29 is 51.0 Å². The Labute approximate surface area is 173 Å². The summed E-state index contributed by atoms with van der Waals surface area (Å²) in [6.45, 7) is 0. The molecule has 0 aromatic rings.